The normalized spacial score (nSPS) is 36.2. The number of ether oxygens (including phenoxy) is 6. The first kappa shape index (κ1) is 52.6. The molecule has 10 aliphatic rings. The third-order valence-corrected chi connectivity index (χ3v) is 18.4. The van der Waals surface area contributed by atoms with Gasteiger partial charge in [0, 0.05) is 46.5 Å². The van der Waals surface area contributed by atoms with Gasteiger partial charge in [0.1, 0.15) is 22.4 Å². The van der Waals surface area contributed by atoms with Crippen molar-refractivity contribution in [3.05, 3.63) is 48.6 Å². The van der Waals surface area contributed by atoms with E-state index in [0.717, 1.165) is 62.7 Å². The van der Waals surface area contributed by atoms with Crippen molar-refractivity contribution in [1.82, 2.24) is 0 Å². The molecule has 0 aromatic carbocycles. The van der Waals surface area contributed by atoms with Crippen molar-refractivity contribution in [2.24, 2.45) is 47.3 Å². The largest absolute Gasteiger partial charge is 0.456 e. The third-order valence-electron chi connectivity index (χ3n) is 18.4. The second-order valence-corrected chi connectivity index (χ2v) is 24.4. The second-order valence-electron chi connectivity index (χ2n) is 24.4. The number of carbonyl (C=O) groups is 4. The zero-order chi connectivity index (χ0) is 49.3. The molecule has 6 saturated carbocycles. The minimum Gasteiger partial charge on any atom is -0.456 e. The molecule has 6 aliphatic carbocycles. The molecule has 12 atom stereocenters. The van der Waals surface area contributed by atoms with Crippen LogP contribution in [0.15, 0.2) is 48.6 Å². The van der Waals surface area contributed by atoms with E-state index in [9.17, 15) is 19.2 Å². The molecule has 0 aromatic heterocycles. The first-order chi connectivity index (χ1) is 32.0. The number of hydrogen-bond donors (Lipinski definition) is 0. The minimum atomic E-state index is -0.449. The molecule has 4 heterocycles. The molecule has 8 bridgehead atoms. The summed E-state index contributed by atoms with van der Waals surface area (Å²) in [6.07, 6.45) is 27.8. The van der Waals surface area contributed by atoms with Crippen molar-refractivity contribution in [1.29, 1.82) is 0 Å². The molecule has 4 aliphatic heterocycles. The fourth-order valence-electron chi connectivity index (χ4n) is 15.0. The van der Waals surface area contributed by atoms with E-state index in [1.54, 1.807) is 27.7 Å². The summed E-state index contributed by atoms with van der Waals surface area (Å²) in [5.74, 6) is 4.17. The summed E-state index contributed by atoms with van der Waals surface area (Å²) in [7, 11) is 0. The average molecular weight is 945 g/mol. The Balaban J connectivity index is 0.000000134. The van der Waals surface area contributed by atoms with Gasteiger partial charge in [0.15, 0.2) is 0 Å². The first-order valence-corrected chi connectivity index (χ1v) is 26.9. The van der Waals surface area contributed by atoms with Gasteiger partial charge in [-0.3, -0.25) is 0 Å². The predicted molar refractivity (Wildman–Crippen MR) is 264 cm³/mol. The van der Waals surface area contributed by atoms with E-state index in [1.807, 2.05) is 13.8 Å². The van der Waals surface area contributed by atoms with Crippen molar-refractivity contribution in [3.63, 3.8) is 0 Å². The quantitative estimate of drug-likeness (QED) is 0.106. The summed E-state index contributed by atoms with van der Waals surface area (Å²) >= 11 is 0. The highest BCUT2D eigenvalue weighted by Crippen LogP contribution is 2.59. The van der Waals surface area contributed by atoms with Gasteiger partial charge in [0.2, 0.25) is 0 Å². The van der Waals surface area contributed by atoms with E-state index < -0.39 is 5.60 Å². The van der Waals surface area contributed by atoms with Crippen molar-refractivity contribution in [2.75, 3.05) is 0 Å². The molecule has 10 heteroatoms. The lowest BCUT2D eigenvalue weighted by molar-refractivity contribution is -0.170. The molecule has 0 spiro atoms. The second kappa shape index (κ2) is 21.2. The van der Waals surface area contributed by atoms with Crippen molar-refractivity contribution in [2.45, 2.75) is 243 Å². The number of hydrogen-bond acceptors (Lipinski definition) is 10. The van der Waals surface area contributed by atoms with Crippen LogP contribution in [0.2, 0.25) is 0 Å². The molecular formula is C58H88O10. The van der Waals surface area contributed by atoms with Crippen LogP contribution < -0.4 is 0 Å². The smallest absolute Gasteiger partial charge is 0.333 e. The van der Waals surface area contributed by atoms with Crippen LogP contribution in [0.4, 0.5) is 0 Å². The van der Waals surface area contributed by atoms with Crippen LogP contribution in [0.5, 0.6) is 0 Å². The third kappa shape index (κ3) is 11.4. The summed E-state index contributed by atoms with van der Waals surface area (Å²) in [6, 6.07) is 0. The number of rotatable bonds is 12. The highest BCUT2D eigenvalue weighted by molar-refractivity contribution is 5.88. The van der Waals surface area contributed by atoms with Crippen molar-refractivity contribution >= 4 is 23.9 Å². The van der Waals surface area contributed by atoms with E-state index in [-0.39, 0.29) is 52.9 Å². The summed E-state index contributed by atoms with van der Waals surface area (Å²) in [5.41, 5.74) is 0.773. The minimum absolute atomic E-state index is 0.116. The van der Waals surface area contributed by atoms with Gasteiger partial charge in [-0.05, 0) is 188 Å². The fourth-order valence-corrected chi connectivity index (χ4v) is 15.0. The molecule has 0 N–H and O–H groups in total. The van der Waals surface area contributed by atoms with E-state index in [4.69, 9.17) is 28.4 Å². The molecule has 380 valence electrons. The summed E-state index contributed by atoms with van der Waals surface area (Å²) < 4.78 is 34.8. The lowest BCUT2D eigenvalue weighted by atomic mass is 9.73. The van der Waals surface area contributed by atoms with Gasteiger partial charge < -0.3 is 28.4 Å². The van der Waals surface area contributed by atoms with Crippen molar-refractivity contribution in [3.8, 4) is 0 Å². The molecular weight excluding hydrogens is 857 g/mol. The molecule has 0 radical (unpaired) electrons. The molecule has 10 rings (SSSR count). The van der Waals surface area contributed by atoms with Gasteiger partial charge in [0.25, 0.3) is 0 Å². The molecule has 4 saturated heterocycles. The van der Waals surface area contributed by atoms with Gasteiger partial charge in [-0.15, -0.1) is 0 Å². The molecule has 12 unspecified atom stereocenters. The van der Waals surface area contributed by atoms with Crippen LogP contribution in [0.1, 0.15) is 197 Å². The summed E-state index contributed by atoms with van der Waals surface area (Å²) in [4.78, 5) is 47.1. The zero-order valence-corrected chi connectivity index (χ0v) is 43.4. The van der Waals surface area contributed by atoms with Crippen LogP contribution in [0, 0.1) is 47.3 Å². The summed E-state index contributed by atoms with van der Waals surface area (Å²) in [6.45, 7) is 29.6. The SMILES string of the molecule is C=C(C)C(=O)OC(C)(C)C1CC2CCC1C2.C=C(C)C(=O)OC(C)(C)C1CC2CCC1O2.C=C(C)C(=O)OC1(C2CCCC2)CC2CCC1C2.C=C(C)C(=O)OC1(C2CCCC2)CC2CCC1O2. The van der Waals surface area contributed by atoms with Gasteiger partial charge in [0.05, 0.1) is 24.4 Å². The molecule has 68 heavy (non-hydrogen) atoms. The van der Waals surface area contributed by atoms with Crippen LogP contribution >= 0.6 is 0 Å². The Morgan fingerprint density at radius 2 is 0.985 bits per heavy atom. The zero-order valence-electron chi connectivity index (χ0n) is 43.4. The Kier molecular flexibility index (Phi) is 16.4. The Bertz CT molecular complexity index is 1780. The first-order valence-electron chi connectivity index (χ1n) is 26.9. The molecule has 0 amide bonds. The molecule has 10 nitrogen and oxygen atoms in total. The monoisotopic (exact) mass is 945 g/mol. The van der Waals surface area contributed by atoms with Gasteiger partial charge in [-0.25, -0.2) is 19.2 Å². The van der Waals surface area contributed by atoms with E-state index >= 15 is 0 Å². The maximum absolute atomic E-state index is 12.0. The van der Waals surface area contributed by atoms with Crippen LogP contribution in [-0.2, 0) is 47.6 Å². The standard InChI is InChI=1S/C16H24O2.C15H22O3.C14H22O2.C13H20O3/c1-11(2)15(17)18-16(13-5-3-4-6-13)10-12-7-8-14(16)9-12;1-10(2)14(16)18-15(11-5-3-4-6-11)9-12-7-8-13(15)17-12;1-9(2)13(15)16-14(3,4)12-8-10-5-6-11(12)7-10;1-8(2)12(14)16-13(3,4)10-7-9-5-6-11(10)15-9/h12-14H,1,3-10H2,2H3;11-13H,1,3-9H2,2H3;10-12H,1,5-8H2,2-4H3;9-11H,1,5-7H2,2-4H3. The maximum atomic E-state index is 12.0. The predicted octanol–water partition coefficient (Wildman–Crippen LogP) is 12.6. The maximum Gasteiger partial charge on any atom is 0.333 e. The Morgan fingerprint density at radius 3 is 1.38 bits per heavy atom. The van der Waals surface area contributed by atoms with Gasteiger partial charge in [-0.2, -0.15) is 0 Å². The Morgan fingerprint density at radius 1 is 0.471 bits per heavy atom. The highest BCUT2D eigenvalue weighted by Gasteiger charge is 2.60. The van der Waals surface area contributed by atoms with E-state index in [1.165, 1.54) is 96.3 Å². The molecule has 0 aromatic rings. The highest BCUT2D eigenvalue weighted by atomic mass is 16.6. The lowest BCUT2D eigenvalue weighted by Gasteiger charge is -2.42. The number of carbonyl (C=O) groups excluding carboxylic acids is 4. The molecule has 10 fully saturated rings. The van der Waals surface area contributed by atoms with Gasteiger partial charge in [-0.1, -0.05) is 58.4 Å². The van der Waals surface area contributed by atoms with E-state index in [2.05, 4.69) is 40.2 Å². The summed E-state index contributed by atoms with van der Waals surface area (Å²) in [5, 5.41) is 0. The topological polar surface area (TPSA) is 124 Å². The average Bonchev–Trinajstić information content (AvgIpc) is 4.13. The Labute approximate surface area is 409 Å². The fraction of sp³-hybridized carbons (Fsp3) is 0.793. The van der Waals surface area contributed by atoms with Crippen molar-refractivity contribution < 1.29 is 47.6 Å². The van der Waals surface area contributed by atoms with Crippen LogP contribution in [-0.4, -0.2) is 70.7 Å². The number of esters is 4. The van der Waals surface area contributed by atoms with Gasteiger partial charge >= 0.3 is 23.9 Å². The lowest BCUT2D eigenvalue weighted by Crippen LogP contribution is -2.49. The van der Waals surface area contributed by atoms with Crippen LogP contribution in [0.25, 0.3) is 0 Å². The van der Waals surface area contributed by atoms with Crippen LogP contribution in [0.3, 0.4) is 0 Å². The number of fused-ring (bicyclic) bond motifs is 8. The van der Waals surface area contributed by atoms with E-state index in [0.29, 0.717) is 64.1 Å². The Hall–Kier alpha value is -3.24.